The smallest absolute Gasteiger partial charge is 0.291 e. The maximum Gasteiger partial charge on any atom is 0.291 e. The summed E-state index contributed by atoms with van der Waals surface area (Å²) >= 11 is 0. The largest absolute Gasteiger partial charge is 0.459 e. The summed E-state index contributed by atoms with van der Waals surface area (Å²) in [5.41, 5.74) is 8.24. The number of carbonyl (C=O) groups is 2. The molecule has 8 nitrogen and oxygen atoms in total. The zero-order valence-corrected chi connectivity index (χ0v) is 21.5. The summed E-state index contributed by atoms with van der Waals surface area (Å²) in [5.74, 6) is 5.43. The van der Waals surface area contributed by atoms with Crippen molar-refractivity contribution in [1.82, 2.24) is 4.98 Å². The summed E-state index contributed by atoms with van der Waals surface area (Å²) in [6, 6.07) is 19.0. The average Bonchev–Trinajstić information content (AvgIpc) is 3.37. The van der Waals surface area contributed by atoms with E-state index in [1.807, 2.05) is 6.07 Å². The Morgan fingerprint density at radius 1 is 1.03 bits per heavy atom. The number of hydrogen-bond acceptors (Lipinski definition) is 6. The molecule has 2 heterocycles. The zero-order chi connectivity index (χ0) is 27.0. The fourth-order valence-electron chi connectivity index (χ4n) is 3.55. The number of rotatable bonds is 7. The van der Waals surface area contributed by atoms with Crippen molar-refractivity contribution in [3.05, 3.63) is 113 Å². The van der Waals surface area contributed by atoms with Crippen LogP contribution in [0.5, 0.6) is 0 Å². The third kappa shape index (κ3) is 6.62. The van der Waals surface area contributed by atoms with Crippen molar-refractivity contribution in [2.75, 3.05) is 17.6 Å². The average molecular weight is 527 g/mol. The molecule has 2 aromatic heterocycles. The highest BCUT2D eigenvalue weighted by molar-refractivity contribution is 7.94. The standard InChI is InChI=1S/C29H26N4O4S/c1-21-13-15-37-27(21)29(35)32-25-8-5-7-22(18-25)11-12-23-17-24(20-31-19-23)28(34)33-38(36,16-6-14-30)26-9-3-2-4-10-26/h2-5,7-10,13,15,17-20H,6,14,16,30H2,1H3,(H,32,35)/t38-/m1/s1. The van der Waals surface area contributed by atoms with Crippen molar-refractivity contribution >= 4 is 27.2 Å². The molecule has 1 atom stereocenters. The maximum atomic E-state index is 13.6. The lowest BCUT2D eigenvalue weighted by molar-refractivity contribution is 0.0991. The molecular weight excluding hydrogens is 500 g/mol. The van der Waals surface area contributed by atoms with Crippen molar-refractivity contribution in [3.63, 3.8) is 0 Å². The van der Waals surface area contributed by atoms with Crippen LogP contribution in [0.25, 0.3) is 0 Å². The van der Waals surface area contributed by atoms with Crippen LogP contribution in [0.3, 0.4) is 0 Å². The van der Waals surface area contributed by atoms with E-state index >= 15 is 0 Å². The van der Waals surface area contributed by atoms with E-state index in [1.165, 1.54) is 18.7 Å². The molecule has 0 unspecified atom stereocenters. The predicted octanol–water partition coefficient (Wildman–Crippen LogP) is 4.65. The van der Waals surface area contributed by atoms with E-state index < -0.39 is 15.6 Å². The van der Waals surface area contributed by atoms with Crippen LogP contribution in [0.4, 0.5) is 5.69 Å². The van der Waals surface area contributed by atoms with Crippen molar-refractivity contribution in [1.29, 1.82) is 0 Å². The molecule has 0 fully saturated rings. The number of pyridine rings is 1. The van der Waals surface area contributed by atoms with Gasteiger partial charge < -0.3 is 15.5 Å². The number of furan rings is 1. The minimum Gasteiger partial charge on any atom is -0.459 e. The molecule has 4 rings (SSSR count). The van der Waals surface area contributed by atoms with Crippen LogP contribution >= 0.6 is 0 Å². The van der Waals surface area contributed by atoms with Crippen LogP contribution < -0.4 is 11.1 Å². The molecule has 2 aromatic carbocycles. The number of aromatic nitrogens is 1. The Morgan fingerprint density at radius 2 is 1.82 bits per heavy atom. The highest BCUT2D eigenvalue weighted by Crippen LogP contribution is 2.18. The number of nitrogens with zero attached hydrogens (tertiary/aromatic N) is 2. The van der Waals surface area contributed by atoms with E-state index in [4.69, 9.17) is 10.2 Å². The van der Waals surface area contributed by atoms with Crippen molar-refractivity contribution < 1.29 is 18.2 Å². The van der Waals surface area contributed by atoms with Crippen LogP contribution in [-0.2, 0) is 9.73 Å². The molecule has 0 aliphatic carbocycles. The lowest BCUT2D eigenvalue weighted by Gasteiger charge is -2.09. The van der Waals surface area contributed by atoms with E-state index in [-0.39, 0.29) is 23.0 Å². The van der Waals surface area contributed by atoms with E-state index in [9.17, 15) is 13.8 Å². The Kier molecular flexibility index (Phi) is 8.48. The highest BCUT2D eigenvalue weighted by atomic mass is 32.2. The van der Waals surface area contributed by atoms with Gasteiger partial charge in [0.05, 0.1) is 21.6 Å². The molecule has 192 valence electrons. The first kappa shape index (κ1) is 26.5. The van der Waals surface area contributed by atoms with Gasteiger partial charge in [0.25, 0.3) is 11.8 Å². The topological polar surface area (TPSA) is 128 Å². The Morgan fingerprint density at radius 3 is 2.55 bits per heavy atom. The van der Waals surface area contributed by atoms with E-state index in [2.05, 4.69) is 26.5 Å². The molecule has 3 N–H and O–H groups in total. The first-order valence-corrected chi connectivity index (χ1v) is 13.5. The Balaban J connectivity index is 1.55. The monoisotopic (exact) mass is 526 g/mol. The van der Waals surface area contributed by atoms with Gasteiger partial charge in [0.15, 0.2) is 5.76 Å². The minimum absolute atomic E-state index is 0.179. The fourth-order valence-corrected chi connectivity index (χ4v) is 5.50. The number of benzene rings is 2. The lowest BCUT2D eigenvalue weighted by Crippen LogP contribution is -2.13. The normalized spacial score (nSPS) is 12.1. The Labute approximate surface area is 221 Å². The quantitative estimate of drug-likeness (QED) is 0.338. The molecule has 9 heteroatoms. The second-order valence-corrected chi connectivity index (χ2v) is 10.7. The Hall–Kier alpha value is -4.52. The Bertz CT molecular complexity index is 1640. The summed E-state index contributed by atoms with van der Waals surface area (Å²) in [6.45, 7) is 2.13. The zero-order valence-electron chi connectivity index (χ0n) is 20.7. The van der Waals surface area contributed by atoms with Crippen molar-refractivity contribution in [2.45, 2.75) is 18.2 Å². The third-order valence-electron chi connectivity index (χ3n) is 5.49. The van der Waals surface area contributed by atoms with E-state index in [1.54, 1.807) is 67.6 Å². The summed E-state index contributed by atoms with van der Waals surface area (Å²) in [4.78, 5) is 30.0. The number of nitrogens with one attached hydrogen (secondary N) is 1. The van der Waals surface area contributed by atoms with Gasteiger partial charge in [-0.1, -0.05) is 36.1 Å². The van der Waals surface area contributed by atoms with Crippen LogP contribution in [0.1, 0.15) is 44.0 Å². The lowest BCUT2D eigenvalue weighted by atomic mass is 10.1. The molecule has 2 amide bonds. The van der Waals surface area contributed by atoms with Gasteiger partial charge >= 0.3 is 0 Å². The van der Waals surface area contributed by atoms with Gasteiger partial charge in [-0.25, -0.2) is 4.21 Å². The molecule has 0 bridgehead atoms. The molecule has 0 radical (unpaired) electrons. The first-order chi connectivity index (χ1) is 18.4. The van der Waals surface area contributed by atoms with Crippen molar-refractivity contribution in [3.8, 4) is 11.8 Å². The molecule has 38 heavy (non-hydrogen) atoms. The van der Waals surface area contributed by atoms with Crippen LogP contribution in [-0.4, -0.2) is 33.3 Å². The number of nitrogens with two attached hydrogens (primary N) is 1. The second kappa shape index (κ2) is 12.1. The molecule has 0 saturated carbocycles. The van der Waals surface area contributed by atoms with Gasteiger partial charge in [-0.3, -0.25) is 14.6 Å². The molecule has 0 spiro atoms. The van der Waals surface area contributed by atoms with E-state index in [0.29, 0.717) is 34.7 Å². The van der Waals surface area contributed by atoms with Gasteiger partial charge in [0.1, 0.15) is 0 Å². The maximum absolute atomic E-state index is 13.6. The van der Waals surface area contributed by atoms with Crippen molar-refractivity contribution in [2.24, 2.45) is 10.1 Å². The van der Waals surface area contributed by atoms with Crippen LogP contribution in [0.15, 0.2) is 99.1 Å². The number of anilines is 1. The van der Waals surface area contributed by atoms with Crippen LogP contribution in [0.2, 0.25) is 0 Å². The summed E-state index contributed by atoms with van der Waals surface area (Å²) in [7, 11) is -2.99. The van der Waals surface area contributed by atoms with Gasteiger partial charge in [-0.2, -0.15) is 4.36 Å². The van der Waals surface area contributed by atoms with Gasteiger partial charge in [-0.15, -0.1) is 0 Å². The number of carbonyl (C=O) groups excluding carboxylic acids is 2. The highest BCUT2D eigenvalue weighted by Gasteiger charge is 2.16. The van der Waals surface area contributed by atoms with Gasteiger partial charge in [-0.05, 0) is 62.4 Å². The first-order valence-electron chi connectivity index (χ1n) is 11.8. The molecular formula is C29H26N4O4S. The van der Waals surface area contributed by atoms with Gasteiger partial charge in [0, 0.05) is 45.4 Å². The number of amides is 2. The molecule has 4 aromatic rings. The van der Waals surface area contributed by atoms with Gasteiger partial charge in [0.2, 0.25) is 0 Å². The molecule has 0 aliphatic rings. The molecule has 0 saturated heterocycles. The SMILES string of the molecule is Cc1ccoc1C(=O)Nc1cccc(C#Cc2cncc(C(=O)N=[S@@](=O)(CCCN)c3ccccc3)c2)c1. The second-order valence-electron chi connectivity index (χ2n) is 8.38. The van der Waals surface area contributed by atoms with Crippen LogP contribution in [0, 0.1) is 18.8 Å². The molecule has 0 aliphatic heterocycles. The van der Waals surface area contributed by atoms with E-state index in [0.717, 1.165) is 5.56 Å². The third-order valence-corrected chi connectivity index (χ3v) is 7.80. The summed E-state index contributed by atoms with van der Waals surface area (Å²) in [6.07, 6.45) is 4.83. The number of aryl methyl sites for hydroxylation is 1. The number of hydrogen-bond donors (Lipinski definition) is 2. The fraction of sp³-hybridized carbons (Fsp3) is 0.138. The minimum atomic E-state index is -2.99. The summed E-state index contributed by atoms with van der Waals surface area (Å²) in [5, 5.41) is 2.79. The summed E-state index contributed by atoms with van der Waals surface area (Å²) < 4.78 is 22.9. The predicted molar refractivity (Wildman–Crippen MR) is 146 cm³/mol.